The Balaban J connectivity index is 1.51. The fourth-order valence-corrected chi connectivity index (χ4v) is 4.44. The van der Waals surface area contributed by atoms with E-state index in [1.807, 2.05) is 41.3 Å². The summed E-state index contributed by atoms with van der Waals surface area (Å²) in [6, 6.07) is 16.3. The highest BCUT2D eigenvalue weighted by Gasteiger charge is 2.23. The summed E-state index contributed by atoms with van der Waals surface area (Å²) in [5, 5.41) is 15.6. The smallest absolute Gasteiger partial charge is 0.271 e. The molecule has 1 atom stereocenters. The predicted octanol–water partition coefficient (Wildman–Crippen LogP) is 4.91. The van der Waals surface area contributed by atoms with Gasteiger partial charge in [0.25, 0.3) is 5.91 Å². The van der Waals surface area contributed by atoms with Gasteiger partial charge >= 0.3 is 0 Å². The van der Waals surface area contributed by atoms with Gasteiger partial charge in [-0.3, -0.25) is 9.59 Å². The average molecular weight is 464 g/mol. The minimum Gasteiger partial charge on any atom is -0.506 e. The molecule has 2 N–H and O–H groups in total. The van der Waals surface area contributed by atoms with Gasteiger partial charge in [0, 0.05) is 23.7 Å². The fraction of sp³-hybridized carbons (Fsp3) is 0.269. The Morgan fingerprint density at radius 2 is 1.94 bits per heavy atom. The van der Waals surface area contributed by atoms with Crippen molar-refractivity contribution in [3.05, 3.63) is 76.3 Å². The highest BCUT2D eigenvalue weighted by atomic mass is 35.5. The van der Waals surface area contributed by atoms with Gasteiger partial charge in [-0.1, -0.05) is 48.0 Å². The Kier molecular flexibility index (Phi) is 6.94. The zero-order valence-corrected chi connectivity index (χ0v) is 19.2. The van der Waals surface area contributed by atoms with Gasteiger partial charge in [0.15, 0.2) is 0 Å². The second kappa shape index (κ2) is 10.0. The molecule has 1 fully saturated rings. The first kappa shape index (κ1) is 22.8. The molecule has 0 saturated carbocycles. The lowest BCUT2D eigenvalue weighted by molar-refractivity contribution is -0.133. The van der Waals surface area contributed by atoms with Gasteiger partial charge in [-0.2, -0.15) is 5.10 Å². The number of nitrogens with one attached hydrogen (secondary N) is 1. The molecule has 2 amide bonds. The molecule has 33 heavy (non-hydrogen) atoms. The van der Waals surface area contributed by atoms with E-state index < -0.39 is 5.91 Å². The number of rotatable bonds is 5. The van der Waals surface area contributed by atoms with Gasteiger partial charge < -0.3 is 10.0 Å². The Bertz CT molecular complexity index is 1220. The van der Waals surface area contributed by atoms with Crippen LogP contribution >= 0.6 is 11.6 Å². The quantitative estimate of drug-likeness (QED) is 0.416. The van der Waals surface area contributed by atoms with Crippen LogP contribution in [0.3, 0.4) is 0 Å². The second-order valence-corrected chi connectivity index (χ2v) is 8.74. The number of phenols is 1. The molecule has 1 saturated heterocycles. The SMILES string of the molecule is CC1CCCCN1C(=O)Cc1ccc(/C=N/NC(=O)c2ccc(O)c(Cl)c2)c2ccccc12. The van der Waals surface area contributed by atoms with Crippen LogP contribution in [-0.2, 0) is 11.2 Å². The topological polar surface area (TPSA) is 82.0 Å². The molecule has 3 aromatic rings. The lowest BCUT2D eigenvalue weighted by atomic mass is 9.96. The average Bonchev–Trinajstić information content (AvgIpc) is 2.82. The van der Waals surface area contributed by atoms with Crippen LogP contribution in [0.25, 0.3) is 10.8 Å². The number of benzene rings is 3. The fourth-order valence-electron chi connectivity index (χ4n) is 4.26. The second-order valence-electron chi connectivity index (χ2n) is 8.33. The van der Waals surface area contributed by atoms with Crippen LogP contribution in [0.5, 0.6) is 5.75 Å². The molecule has 1 aliphatic heterocycles. The number of hydrazone groups is 1. The number of fused-ring (bicyclic) bond motifs is 1. The first-order chi connectivity index (χ1) is 15.9. The number of carbonyl (C=O) groups excluding carboxylic acids is 2. The van der Waals surface area contributed by atoms with Gasteiger partial charge in [-0.15, -0.1) is 0 Å². The van der Waals surface area contributed by atoms with Crippen molar-refractivity contribution in [3.63, 3.8) is 0 Å². The summed E-state index contributed by atoms with van der Waals surface area (Å²) in [5.41, 5.74) is 4.59. The minimum absolute atomic E-state index is 0.0866. The first-order valence-corrected chi connectivity index (χ1v) is 11.4. The van der Waals surface area contributed by atoms with Crippen molar-refractivity contribution in [1.82, 2.24) is 10.3 Å². The van der Waals surface area contributed by atoms with Crippen molar-refractivity contribution < 1.29 is 14.7 Å². The lowest BCUT2D eigenvalue weighted by Gasteiger charge is -2.33. The molecule has 7 heteroatoms. The van der Waals surface area contributed by atoms with Crippen LogP contribution in [0, 0.1) is 0 Å². The van der Waals surface area contributed by atoms with E-state index in [9.17, 15) is 14.7 Å². The van der Waals surface area contributed by atoms with E-state index in [0.29, 0.717) is 12.0 Å². The summed E-state index contributed by atoms with van der Waals surface area (Å²) in [7, 11) is 0. The molecule has 1 unspecified atom stereocenters. The summed E-state index contributed by atoms with van der Waals surface area (Å²) < 4.78 is 0. The molecule has 0 bridgehead atoms. The summed E-state index contributed by atoms with van der Waals surface area (Å²) in [4.78, 5) is 27.3. The molecule has 1 heterocycles. The monoisotopic (exact) mass is 463 g/mol. The maximum Gasteiger partial charge on any atom is 0.271 e. The number of aromatic hydroxyl groups is 1. The maximum atomic E-state index is 13.0. The summed E-state index contributed by atoms with van der Waals surface area (Å²) in [6.07, 6.45) is 5.25. The van der Waals surface area contributed by atoms with Gasteiger partial charge in [0.2, 0.25) is 5.91 Å². The number of hydrogen-bond donors (Lipinski definition) is 2. The number of phenolic OH excluding ortho intramolecular Hbond substituents is 1. The van der Waals surface area contributed by atoms with E-state index in [0.717, 1.165) is 41.3 Å². The molecule has 0 aromatic heterocycles. The highest BCUT2D eigenvalue weighted by Crippen LogP contribution is 2.25. The number of piperidine rings is 1. The zero-order chi connectivity index (χ0) is 23.4. The van der Waals surface area contributed by atoms with Crippen molar-refractivity contribution in [2.75, 3.05) is 6.54 Å². The molecule has 0 spiro atoms. The van der Waals surface area contributed by atoms with E-state index in [1.165, 1.54) is 24.6 Å². The van der Waals surface area contributed by atoms with Crippen LogP contribution in [0.15, 0.2) is 59.7 Å². The summed E-state index contributed by atoms with van der Waals surface area (Å²) in [5.74, 6) is -0.361. The maximum absolute atomic E-state index is 13.0. The molecule has 6 nitrogen and oxygen atoms in total. The number of likely N-dealkylation sites (tertiary alicyclic amines) is 1. The Hall–Kier alpha value is -3.38. The van der Waals surface area contributed by atoms with Crippen LogP contribution in [-0.4, -0.2) is 40.6 Å². The molecule has 170 valence electrons. The summed E-state index contributed by atoms with van der Waals surface area (Å²) in [6.45, 7) is 2.95. The molecule has 1 aliphatic rings. The van der Waals surface area contributed by atoms with Crippen LogP contribution < -0.4 is 5.43 Å². The zero-order valence-electron chi connectivity index (χ0n) is 18.4. The van der Waals surface area contributed by atoms with Gasteiger partial charge in [-0.25, -0.2) is 5.43 Å². The largest absolute Gasteiger partial charge is 0.506 e. The van der Waals surface area contributed by atoms with E-state index in [1.54, 1.807) is 6.21 Å². The molecule has 3 aromatic carbocycles. The highest BCUT2D eigenvalue weighted by molar-refractivity contribution is 6.32. The molecular weight excluding hydrogens is 438 g/mol. The van der Waals surface area contributed by atoms with Gasteiger partial charge in [0.05, 0.1) is 17.7 Å². The lowest BCUT2D eigenvalue weighted by Crippen LogP contribution is -2.42. The van der Waals surface area contributed by atoms with Crippen LogP contribution in [0.4, 0.5) is 0 Å². The summed E-state index contributed by atoms with van der Waals surface area (Å²) >= 11 is 5.87. The Labute approximate surface area is 197 Å². The molecular formula is C26H26ClN3O3. The van der Waals surface area contributed by atoms with E-state index in [4.69, 9.17) is 11.6 Å². The van der Waals surface area contributed by atoms with Crippen molar-refractivity contribution in [2.24, 2.45) is 5.10 Å². The third-order valence-electron chi connectivity index (χ3n) is 6.09. The first-order valence-electron chi connectivity index (χ1n) is 11.1. The standard InChI is InChI=1S/C26H26ClN3O3/c1-17-6-4-5-13-30(17)25(32)15-18-9-10-20(22-8-3-2-7-21(18)22)16-28-29-26(33)19-11-12-24(31)23(27)14-19/h2-3,7-12,14,16-17,31H,4-6,13,15H2,1H3,(H,29,33)/b28-16+. The Morgan fingerprint density at radius 1 is 1.15 bits per heavy atom. The Morgan fingerprint density at radius 3 is 2.70 bits per heavy atom. The third kappa shape index (κ3) is 5.17. The van der Waals surface area contributed by atoms with Gasteiger partial charge in [0.1, 0.15) is 5.75 Å². The molecule has 4 rings (SSSR count). The van der Waals surface area contributed by atoms with Crippen molar-refractivity contribution in [2.45, 2.75) is 38.6 Å². The van der Waals surface area contributed by atoms with E-state index >= 15 is 0 Å². The van der Waals surface area contributed by atoms with Gasteiger partial charge in [-0.05, 0) is 60.7 Å². The number of nitrogens with zero attached hydrogens (tertiary/aromatic N) is 2. The third-order valence-corrected chi connectivity index (χ3v) is 6.40. The van der Waals surface area contributed by atoms with Crippen LogP contribution in [0.1, 0.15) is 47.7 Å². The van der Waals surface area contributed by atoms with Crippen molar-refractivity contribution in [1.29, 1.82) is 0 Å². The number of amides is 2. The number of hydrogen-bond acceptors (Lipinski definition) is 4. The molecule has 0 aliphatic carbocycles. The van der Waals surface area contributed by atoms with Crippen molar-refractivity contribution >= 4 is 40.4 Å². The van der Waals surface area contributed by atoms with Crippen molar-refractivity contribution in [3.8, 4) is 5.75 Å². The van der Waals surface area contributed by atoms with E-state index in [2.05, 4.69) is 17.5 Å². The molecule has 0 radical (unpaired) electrons. The number of carbonyl (C=O) groups is 2. The predicted molar refractivity (Wildman–Crippen MR) is 131 cm³/mol. The van der Waals surface area contributed by atoms with Crippen LogP contribution in [0.2, 0.25) is 5.02 Å². The normalized spacial score (nSPS) is 16.3. The minimum atomic E-state index is -0.435. The van der Waals surface area contributed by atoms with E-state index in [-0.39, 0.29) is 22.7 Å². The number of halogens is 1.